The van der Waals surface area contributed by atoms with Gasteiger partial charge in [-0.1, -0.05) is 55.2 Å². The van der Waals surface area contributed by atoms with Crippen molar-refractivity contribution in [2.24, 2.45) is 5.92 Å². The average molecular weight is 449 g/mol. The fourth-order valence-corrected chi connectivity index (χ4v) is 3.70. The van der Waals surface area contributed by atoms with Crippen molar-refractivity contribution in [2.75, 3.05) is 27.2 Å². The zero-order valence-corrected chi connectivity index (χ0v) is 21.3. The van der Waals surface area contributed by atoms with Gasteiger partial charge >= 0.3 is 0 Å². The number of rotatable bonds is 11. The van der Waals surface area contributed by atoms with Crippen LogP contribution in [0.3, 0.4) is 0 Å². The van der Waals surface area contributed by atoms with Crippen LogP contribution in [0, 0.1) is 5.92 Å². The SMILES string of the molecule is C=C(/C=C\C=C(/C)C(=O)N1CCC(C(/C=C\N(C)C)=C/C)C1)CC(=C)/C=C(\C(=C)C)C(C)=O. The highest BCUT2D eigenvalue weighted by atomic mass is 16.2. The first-order chi connectivity index (χ1) is 15.5. The van der Waals surface area contributed by atoms with Crippen LogP contribution in [0.4, 0.5) is 0 Å². The summed E-state index contributed by atoms with van der Waals surface area (Å²) in [6, 6.07) is 0. The van der Waals surface area contributed by atoms with Crippen LogP contribution in [-0.2, 0) is 9.59 Å². The molecule has 1 unspecified atom stereocenters. The van der Waals surface area contributed by atoms with Crippen LogP contribution in [0.2, 0.25) is 0 Å². The number of ketones is 1. The zero-order chi connectivity index (χ0) is 25.1. The molecule has 1 aliphatic rings. The first-order valence-electron chi connectivity index (χ1n) is 11.3. The number of hydrogen-bond acceptors (Lipinski definition) is 3. The number of carbonyl (C=O) groups is 2. The summed E-state index contributed by atoms with van der Waals surface area (Å²) in [5.74, 6) is 0.414. The topological polar surface area (TPSA) is 40.6 Å². The van der Waals surface area contributed by atoms with Crippen molar-refractivity contribution in [3.63, 3.8) is 0 Å². The van der Waals surface area contributed by atoms with Crippen molar-refractivity contribution in [1.29, 1.82) is 0 Å². The summed E-state index contributed by atoms with van der Waals surface area (Å²) in [5.41, 5.74) is 4.92. The Morgan fingerprint density at radius 3 is 2.27 bits per heavy atom. The molecule has 1 heterocycles. The van der Waals surface area contributed by atoms with Gasteiger partial charge in [-0.15, -0.1) is 0 Å². The molecule has 0 bridgehead atoms. The molecular weight excluding hydrogens is 408 g/mol. The highest BCUT2D eigenvalue weighted by Gasteiger charge is 2.28. The second-order valence-corrected chi connectivity index (χ2v) is 8.90. The molecule has 0 N–H and O–H groups in total. The molecule has 33 heavy (non-hydrogen) atoms. The van der Waals surface area contributed by atoms with E-state index in [1.54, 1.807) is 6.08 Å². The summed E-state index contributed by atoms with van der Waals surface area (Å²) < 4.78 is 0. The van der Waals surface area contributed by atoms with Gasteiger partial charge in [-0.25, -0.2) is 0 Å². The molecule has 178 valence electrons. The molecule has 1 amide bonds. The highest BCUT2D eigenvalue weighted by Crippen LogP contribution is 2.26. The van der Waals surface area contributed by atoms with Gasteiger partial charge in [-0.05, 0) is 70.0 Å². The fraction of sp³-hybridized carbons (Fsp3) is 0.379. The van der Waals surface area contributed by atoms with E-state index in [1.165, 1.54) is 12.5 Å². The van der Waals surface area contributed by atoms with Gasteiger partial charge in [0.1, 0.15) is 0 Å². The Labute approximate surface area is 200 Å². The Kier molecular flexibility index (Phi) is 11.3. The van der Waals surface area contributed by atoms with Crippen LogP contribution in [0.1, 0.15) is 40.5 Å². The summed E-state index contributed by atoms with van der Waals surface area (Å²) in [4.78, 5) is 28.5. The van der Waals surface area contributed by atoms with Crippen LogP contribution < -0.4 is 0 Å². The number of likely N-dealkylation sites (tertiary alicyclic amines) is 1. The quantitative estimate of drug-likeness (QED) is 0.289. The van der Waals surface area contributed by atoms with Crippen molar-refractivity contribution in [2.45, 2.75) is 40.5 Å². The normalized spacial score (nSPS) is 17.7. The molecule has 0 radical (unpaired) electrons. The smallest absolute Gasteiger partial charge is 0.249 e. The molecule has 1 atom stereocenters. The van der Waals surface area contributed by atoms with E-state index in [-0.39, 0.29) is 11.7 Å². The number of carbonyl (C=O) groups excluding carboxylic acids is 2. The van der Waals surface area contributed by atoms with Gasteiger partial charge in [-0.3, -0.25) is 9.59 Å². The van der Waals surface area contributed by atoms with Gasteiger partial charge in [0.25, 0.3) is 0 Å². The Morgan fingerprint density at radius 2 is 1.73 bits per heavy atom. The van der Waals surface area contributed by atoms with Crippen LogP contribution in [0.15, 0.2) is 95.8 Å². The molecular formula is C29H40N2O2. The first-order valence-corrected chi connectivity index (χ1v) is 11.3. The second-order valence-electron chi connectivity index (χ2n) is 8.90. The van der Waals surface area contributed by atoms with E-state index in [0.717, 1.165) is 36.2 Å². The minimum atomic E-state index is -0.0266. The Balaban J connectivity index is 2.69. The van der Waals surface area contributed by atoms with Crippen molar-refractivity contribution in [3.05, 3.63) is 95.8 Å². The third-order valence-corrected chi connectivity index (χ3v) is 5.50. The van der Waals surface area contributed by atoms with Gasteiger partial charge in [0, 0.05) is 44.2 Å². The largest absolute Gasteiger partial charge is 0.383 e. The summed E-state index contributed by atoms with van der Waals surface area (Å²) in [6.07, 6.45) is 15.2. The number of hydrogen-bond donors (Lipinski definition) is 0. The summed E-state index contributed by atoms with van der Waals surface area (Å²) in [6.45, 7) is 20.7. The molecule has 1 rings (SSSR count). The van der Waals surface area contributed by atoms with Crippen LogP contribution >= 0.6 is 0 Å². The molecule has 4 nitrogen and oxygen atoms in total. The van der Waals surface area contributed by atoms with Crippen LogP contribution in [-0.4, -0.2) is 48.7 Å². The third-order valence-electron chi connectivity index (χ3n) is 5.50. The van der Waals surface area contributed by atoms with E-state index >= 15 is 0 Å². The van der Waals surface area contributed by atoms with Crippen molar-refractivity contribution < 1.29 is 9.59 Å². The predicted molar refractivity (Wildman–Crippen MR) is 141 cm³/mol. The number of nitrogens with zero attached hydrogens (tertiary/aromatic N) is 2. The maximum absolute atomic E-state index is 12.9. The monoisotopic (exact) mass is 448 g/mol. The third kappa shape index (κ3) is 9.48. The molecule has 0 aromatic rings. The van der Waals surface area contributed by atoms with E-state index in [0.29, 0.717) is 23.5 Å². The molecule has 1 saturated heterocycles. The summed E-state index contributed by atoms with van der Waals surface area (Å²) >= 11 is 0. The Hall–Kier alpha value is -3.14. The maximum Gasteiger partial charge on any atom is 0.249 e. The summed E-state index contributed by atoms with van der Waals surface area (Å²) in [7, 11) is 4.01. The van der Waals surface area contributed by atoms with Crippen LogP contribution in [0.5, 0.6) is 0 Å². The standard InChI is InChI=1S/C29H40N2O2/c1-10-26(14-16-30(8)9)27-15-17-31(20-27)29(33)24(6)13-11-12-22(4)18-23(5)19-28(21(2)3)25(7)32/h10-14,16,19,27H,2,4-5,15,17-18,20H2,1,3,6-9H3/b12-11-,16-14-,24-13+,26-10+,28-19+. The van der Waals surface area contributed by atoms with Gasteiger partial charge in [0.15, 0.2) is 5.78 Å². The number of allylic oxidation sites excluding steroid dienone is 10. The molecule has 0 aliphatic carbocycles. The van der Waals surface area contributed by atoms with Gasteiger partial charge in [-0.2, -0.15) is 0 Å². The van der Waals surface area contributed by atoms with Crippen molar-refractivity contribution in [3.8, 4) is 0 Å². The van der Waals surface area contributed by atoms with Crippen molar-refractivity contribution in [1.82, 2.24) is 9.80 Å². The van der Waals surface area contributed by atoms with E-state index in [9.17, 15) is 9.59 Å². The lowest BCUT2D eigenvalue weighted by atomic mass is 9.98. The molecule has 0 saturated carbocycles. The van der Waals surface area contributed by atoms with Crippen LogP contribution in [0.25, 0.3) is 0 Å². The number of amides is 1. The Morgan fingerprint density at radius 1 is 1.06 bits per heavy atom. The highest BCUT2D eigenvalue weighted by molar-refractivity contribution is 5.97. The van der Waals surface area contributed by atoms with Gasteiger partial charge < -0.3 is 9.80 Å². The summed E-state index contributed by atoms with van der Waals surface area (Å²) in [5, 5.41) is 0. The molecule has 0 aromatic carbocycles. The molecule has 4 heteroatoms. The predicted octanol–water partition coefficient (Wildman–Crippen LogP) is 5.95. The van der Waals surface area contributed by atoms with E-state index < -0.39 is 0 Å². The lowest BCUT2D eigenvalue weighted by molar-refractivity contribution is -0.126. The first kappa shape index (κ1) is 27.9. The second kappa shape index (κ2) is 13.4. The lowest BCUT2D eigenvalue weighted by Gasteiger charge is -2.17. The minimum absolute atomic E-state index is 0.0266. The minimum Gasteiger partial charge on any atom is -0.383 e. The van der Waals surface area contributed by atoms with E-state index in [2.05, 4.69) is 31.9 Å². The molecule has 1 fully saturated rings. The lowest BCUT2D eigenvalue weighted by Crippen LogP contribution is -2.29. The molecule has 0 spiro atoms. The van der Waals surface area contributed by atoms with E-state index in [4.69, 9.17) is 0 Å². The number of Topliss-reactive ketones (excluding diaryl/α,β-unsaturated/α-hetero) is 1. The van der Waals surface area contributed by atoms with Gasteiger partial charge in [0.05, 0.1) is 0 Å². The molecule has 1 aliphatic heterocycles. The van der Waals surface area contributed by atoms with E-state index in [1.807, 2.05) is 69.1 Å². The fourth-order valence-electron chi connectivity index (χ4n) is 3.70. The molecule has 0 aromatic heterocycles. The maximum atomic E-state index is 12.9. The van der Waals surface area contributed by atoms with Gasteiger partial charge in [0.2, 0.25) is 5.91 Å². The van der Waals surface area contributed by atoms with Crippen molar-refractivity contribution >= 4 is 11.7 Å². The Bertz CT molecular complexity index is 923. The average Bonchev–Trinajstić information content (AvgIpc) is 3.21. The zero-order valence-electron chi connectivity index (χ0n) is 21.3.